The third-order valence-corrected chi connectivity index (χ3v) is 2.10. The van der Waals surface area contributed by atoms with Gasteiger partial charge in [0.25, 0.3) is 0 Å². The Labute approximate surface area is 83.5 Å². The predicted octanol–water partition coefficient (Wildman–Crippen LogP) is 1.71. The van der Waals surface area contributed by atoms with Gasteiger partial charge >= 0.3 is 0 Å². The minimum Gasteiger partial charge on any atom is -0.448 e. The molecule has 1 aromatic rings. The van der Waals surface area contributed by atoms with Crippen LogP contribution in [-0.2, 0) is 6.54 Å². The Balaban J connectivity index is 2.46. The molecule has 1 rings (SSSR count). The van der Waals surface area contributed by atoms with Gasteiger partial charge in [-0.05, 0) is 30.3 Å². The van der Waals surface area contributed by atoms with Crippen molar-refractivity contribution in [2.24, 2.45) is 5.73 Å². The van der Waals surface area contributed by atoms with Crippen molar-refractivity contribution in [3.63, 3.8) is 0 Å². The molecule has 1 aromatic heterocycles. The highest BCUT2D eigenvalue weighted by atomic mass is 35.5. The predicted molar refractivity (Wildman–Crippen MR) is 53.7 cm³/mol. The summed E-state index contributed by atoms with van der Waals surface area (Å²) in [5.41, 5.74) is 5.47. The van der Waals surface area contributed by atoms with Gasteiger partial charge in [0, 0.05) is 13.1 Å². The number of rotatable bonds is 5. The fourth-order valence-corrected chi connectivity index (χ4v) is 1.35. The van der Waals surface area contributed by atoms with Crippen molar-refractivity contribution in [3.05, 3.63) is 23.1 Å². The molecule has 1 heterocycles. The minimum absolute atomic E-state index is 0.443. The lowest BCUT2D eigenvalue weighted by atomic mass is 10.4. The highest BCUT2D eigenvalue weighted by Crippen LogP contribution is 2.14. The van der Waals surface area contributed by atoms with E-state index in [2.05, 4.69) is 11.8 Å². The summed E-state index contributed by atoms with van der Waals surface area (Å²) in [7, 11) is 0. The van der Waals surface area contributed by atoms with E-state index in [9.17, 15) is 0 Å². The van der Waals surface area contributed by atoms with Gasteiger partial charge in [-0.1, -0.05) is 6.92 Å². The van der Waals surface area contributed by atoms with Crippen LogP contribution in [0.15, 0.2) is 16.5 Å². The molecule has 0 amide bonds. The summed E-state index contributed by atoms with van der Waals surface area (Å²) in [5, 5.41) is 0.443. The molecule has 0 aliphatic rings. The fourth-order valence-electron chi connectivity index (χ4n) is 1.19. The zero-order valence-corrected chi connectivity index (χ0v) is 8.55. The Bertz CT molecular complexity index is 250. The van der Waals surface area contributed by atoms with Crippen molar-refractivity contribution < 1.29 is 4.42 Å². The summed E-state index contributed by atoms with van der Waals surface area (Å²) in [4.78, 5) is 2.20. The summed E-state index contributed by atoms with van der Waals surface area (Å²) in [6.07, 6.45) is 0. The van der Waals surface area contributed by atoms with E-state index in [1.165, 1.54) is 0 Å². The number of furan rings is 1. The number of nitrogens with zero attached hydrogens (tertiary/aromatic N) is 1. The van der Waals surface area contributed by atoms with Gasteiger partial charge in [0.2, 0.25) is 0 Å². The molecular weight excluding hydrogens is 188 g/mol. The van der Waals surface area contributed by atoms with Crippen LogP contribution >= 0.6 is 11.6 Å². The number of likely N-dealkylation sites (N-methyl/N-ethyl adjacent to an activating group) is 1. The standard InChI is InChI=1S/C9H15ClN2O/c1-2-12(6-5-11)7-8-3-4-9(10)13-8/h3-4H,2,5-7,11H2,1H3. The number of halogens is 1. The molecule has 3 nitrogen and oxygen atoms in total. The summed E-state index contributed by atoms with van der Waals surface area (Å²) in [6.45, 7) is 5.40. The lowest BCUT2D eigenvalue weighted by molar-refractivity contribution is 0.263. The third kappa shape index (κ3) is 3.38. The highest BCUT2D eigenvalue weighted by Gasteiger charge is 2.05. The normalized spacial score (nSPS) is 11.1. The smallest absolute Gasteiger partial charge is 0.193 e. The Hall–Kier alpha value is -0.510. The van der Waals surface area contributed by atoms with Gasteiger partial charge in [-0.25, -0.2) is 0 Å². The molecule has 0 spiro atoms. The molecule has 0 aliphatic carbocycles. The van der Waals surface area contributed by atoms with Gasteiger partial charge in [-0.3, -0.25) is 4.90 Å². The zero-order valence-electron chi connectivity index (χ0n) is 7.79. The van der Waals surface area contributed by atoms with Crippen LogP contribution in [0.5, 0.6) is 0 Å². The molecule has 0 bridgehead atoms. The van der Waals surface area contributed by atoms with Crippen LogP contribution in [0.4, 0.5) is 0 Å². The number of nitrogens with two attached hydrogens (primary N) is 1. The van der Waals surface area contributed by atoms with Gasteiger partial charge in [-0.15, -0.1) is 0 Å². The van der Waals surface area contributed by atoms with E-state index in [0.29, 0.717) is 11.8 Å². The van der Waals surface area contributed by atoms with E-state index in [-0.39, 0.29) is 0 Å². The van der Waals surface area contributed by atoms with Crippen molar-refractivity contribution in [3.8, 4) is 0 Å². The molecule has 2 N–H and O–H groups in total. The van der Waals surface area contributed by atoms with Crippen molar-refractivity contribution >= 4 is 11.6 Å². The maximum atomic E-state index is 5.65. The first kappa shape index (κ1) is 10.6. The van der Waals surface area contributed by atoms with Crippen LogP contribution in [0.1, 0.15) is 12.7 Å². The van der Waals surface area contributed by atoms with Crippen molar-refractivity contribution in [2.45, 2.75) is 13.5 Å². The SMILES string of the molecule is CCN(CCN)Cc1ccc(Cl)o1. The summed E-state index contributed by atoms with van der Waals surface area (Å²) >= 11 is 5.65. The molecule has 0 fully saturated rings. The zero-order chi connectivity index (χ0) is 9.68. The molecule has 0 atom stereocenters. The Morgan fingerprint density at radius 1 is 1.54 bits per heavy atom. The van der Waals surface area contributed by atoms with E-state index in [1.807, 2.05) is 6.07 Å². The second-order valence-corrected chi connectivity index (χ2v) is 3.24. The lowest BCUT2D eigenvalue weighted by Gasteiger charge is -2.17. The molecule has 0 aliphatic heterocycles. The van der Waals surface area contributed by atoms with E-state index in [1.54, 1.807) is 6.07 Å². The average molecular weight is 203 g/mol. The first-order valence-corrected chi connectivity index (χ1v) is 4.80. The minimum atomic E-state index is 0.443. The van der Waals surface area contributed by atoms with Crippen LogP contribution in [0.2, 0.25) is 5.22 Å². The molecule has 0 saturated carbocycles. The largest absolute Gasteiger partial charge is 0.448 e. The van der Waals surface area contributed by atoms with Crippen LogP contribution < -0.4 is 5.73 Å². The molecular formula is C9H15ClN2O. The average Bonchev–Trinajstić information content (AvgIpc) is 2.50. The number of hydrogen-bond acceptors (Lipinski definition) is 3. The van der Waals surface area contributed by atoms with Crippen LogP contribution in [0.25, 0.3) is 0 Å². The first-order chi connectivity index (χ1) is 6.26. The maximum Gasteiger partial charge on any atom is 0.193 e. The number of hydrogen-bond donors (Lipinski definition) is 1. The summed E-state index contributed by atoms with van der Waals surface area (Å²) in [5.74, 6) is 0.889. The Morgan fingerprint density at radius 2 is 2.31 bits per heavy atom. The Kier molecular flexibility index (Phi) is 4.28. The second kappa shape index (κ2) is 5.27. The van der Waals surface area contributed by atoms with Gasteiger partial charge in [0.05, 0.1) is 6.54 Å². The highest BCUT2D eigenvalue weighted by molar-refractivity contribution is 6.28. The molecule has 0 radical (unpaired) electrons. The lowest BCUT2D eigenvalue weighted by Crippen LogP contribution is -2.28. The second-order valence-electron chi connectivity index (χ2n) is 2.86. The first-order valence-electron chi connectivity index (χ1n) is 4.43. The third-order valence-electron chi connectivity index (χ3n) is 1.90. The van der Waals surface area contributed by atoms with Crippen molar-refractivity contribution in [2.75, 3.05) is 19.6 Å². The van der Waals surface area contributed by atoms with E-state index in [4.69, 9.17) is 21.8 Å². The van der Waals surface area contributed by atoms with E-state index < -0.39 is 0 Å². The topological polar surface area (TPSA) is 42.4 Å². The quantitative estimate of drug-likeness (QED) is 0.791. The van der Waals surface area contributed by atoms with Crippen LogP contribution in [0.3, 0.4) is 0 Å². The van der Waals surface area contributed by atoms with E-state index in [0.717, 1.165) is 25.4 Å². The van der Waals surface area contributed by atoms with Gasteiger partial charge in [0.15, 0.2) is 5.22 Å². The molecule has 13 heavy (non-hydrogen) atoms. The van der Waals surface area contributed by atoms with E-state index >= 15 is 0 Å². The summed E-state index contributed by atoms with van der Waals surface area (Å²) in [6, 6.07) is 3.65. The van der Waals surface area contributed by atoms with Gasteiger partial charge in [-0.2, -0.15) is 0 Å². The van der Waals surface area contributed by atoms with Crippen LogP contribution in [-0.4, -0.2) is 24.5 Å². The van der Waals surface area contributed by atoms with Gasteiger partial charge < -0.3 is 10.2 Å². The van der Waals surface area contributed by atoms with Crippen LogP contribution in [0, 0.1) is 0 Å². The molecule has 0 saturated heterocycles. The monoisotopic (exact) mass is 202 g/mol. The van der Waals surface area contributed by atoms with Crippen molar-refractivity contribution in [1.29, 1.82) is 0 Å². The Morgan fingerprint density at radius 3 is 2.77 bits per heavy atom. The summed E-state index contributed by atoms with van der Waals surface area (Å²) < 4.78 is 5.25. The maximum absolute atomic E-state index is 5.65. The molecule has 0 unspecified atom stereocenters. The fraction of sp³-hybridized carbons (Fsp3) is 0.556. The van der Waals surface area contributed by atoms with Gasteiger partial charge in [0.1, 0.15) is 5.76 Å². The molecule has 4 heteroatoms. The molecule has 74 valence electrons. The van der Waals surface area contributed by atoms with Crippen molar-refractivity contribution in [1.82, 2.24) is 4.90 Å². The molecule has 0 aromatic carbocycles.